The zero-order valence-electron chi connectivity index (χ0n) is 10.2. The molecule has 0 aliphatic carbocycles. The van der Waals surface area contributed by atoms with E-state index < -0.39 is 5.41 Å². The second-order valence-electron chi connectivity index (χ2n) is 4.37. The van der Waals surface area contributed by atoms with Crippen molar-refractivity contribution in [1.82, 2.24) is 4.98 Å². The van der Waals surface area contributed by atoms with Crippen LogP contribution in [0.5, 0.6) is 0 Å². The standard InChI is InChI=1S/C15H12Br2N2/c16-10-15(11-18,8-12-2-1-7-19-9-12)13-3-5-14(17)6-4-13/h1-7,9H,8,10H2. The van der Waals surface area contributed by atoms with Gasteiger partial charge in [0.1, 0.15) is 0 Å². The van der Waals surface area contributed by atoms with Gasteiger partial charge in [-0.15, -0.1) is 0 Å². The van der Waals surface area contributed by atoms with E-state index in [1.54, 1.807) is 6.20 Å². The molecule has 0 bridgehead atoms. The molecule has 1 atom stereocenters. The van der Waals surface area contributed by atoms with E-state index in [4.69, 9.17) is 0 Å². The van der Waals surface area contributed by atoms with Gasteiger partial charge in [-0.05, 0) is 35.7 Å². The van der Waals surface area contributed by atoms with Gasteiger partial charge in [-0.3, -0.25) is 4.98 Å². The van der Waals surface area contributed by atoms with E-state index in [-0.39, 0.29) is 0 Å². The zero-order valence-corrected chi connectivity index (χ0v) is 13.4. The summed E-state index contributed by atoms with van der Waals surface area (Å²) in [4.78, 5) is 4.11. The number of pyridine rings is 1. The number of benzene rings is 1. The third-order valence-electron chi connectivity index (χ3n) is 3.07. The first-order valence-electron chi connectivity index (χ1n) is 5.82. The summed E-state index contributed by atoms with van der Waals surface area (Å²) in [6.07, 6.45) is 4.20. The number of hydrogen-bond acceptors (Lipinski definition) is 2. The van der Waals surface area contributed by atoms with Crippen molar-refractivity contribution in [3.05, 3.63) is 64.4 Å². The number of halogens is 2. The van der Waals surface area contributed by atoms with Gasteiger partial charge in [0, 0.05) is 22.2 Å². The van der Waals surface area contributed by atoms with E-state index in [0.717, 1.165) is 15.6 Å². The summed E-state index contributed by atoms with van der Waals surface area (Å²) >= 11 is 6.91. The fourth-order valence-electron chi connectivity index (χ4n) is 1.98. The predicted octanol–water partition coefficient (Wildman–Crippen LogP) is 4.24. The minimum atomic E-state index is -0.566. The van der Waals surface area contributed by atoms with Crippen molar-refractivity contribution >= 4 is 31.9 Å². The Morgan fingerprint density at radius 3 is 2.47 bits per heavy atom. The van der Waals surface area contributed by atoms with Gasteiger partial charge in [0.15, 0.2) is 0 Å². The first-order valence-corrected chi connectivity index (χ1v) is 7.74. The van der Waals surface area contributed by atoms with E-state index >= 15 is 0 Å². The van der Waals surface area contributed by atoms with Crippen molar-refractivity contribution < 1.29 is 0 Å². The van der Waals surface area contributed by atoms with Gasteiger partial charge in [-0.25, -0.2) is 0 Å². The van der Waals surface area contributed by atoms with Crippen LogP contribution in [0.3, 0.4) is 0 Å². The monoisotopic (exact) mass is 378 g/mol. The Kier molecular flexibility index (Phi) is 4.73. The van der Waals surface area contributed by atoms with Crippen LogP contribution in [0.15, 0.2) is 53.3 Å². The average molecular weight is 380 g/mol. The first-order chi connectivity index (χ1) is 9.20. The number of aromatic nitrogens is 1. The minimum Gasteiger partial charge on any atom is -0.264 e. The molecule has 0 N–H and O–H groups in total. The highest BCUT2D eigenvalue weighted by Crippen LogP contribution is 2.31. The third-order valence-corrected chi connectivity index (χ3v) is 4.55. The number of rotatable bonds is 4. The molecule has 0 saturated heterocycles. The molecule has 0 aliphatic rings. The molecule has 96 valence electrons. The Hall–Kier alpha value is -1.18. The van der Waals surface area contributed by atoms with Crippen molar-refractivity contribution in [2.75, 3.05) is 5.33 Å². The molecule has 0 radical (unpaired) electrons. The molecule has 1 heterocycles. The summed E-state index contributed by atoms with van der Waals surface area (Å²) in [5, 5.41) is 10.2. The lowest BCUT2D eigenvalue weighted by atomic mass is 9.79. The van der Waals surface area contributed by atoms with Crippen LogP contribution >= 0.6 is 31.9 Å². The molecule has 1 aromatic heterocycles. The molecule has 2 nitrogen and oxygen atoms in total. The Morgan fingerprint density at radius 1 is 1.21 bits per heavy atom. The fraction of sp³-hybridized carbons (Fsp3) is 0.200. The van der Waals surface area contributed by atoms with E-state index in [9.17, 15) is 5.26 Å². The number of alkyl halides is 1. The quantitative estimate of drug-likeness (QED) is 0.744. The van der Waals surface area contributed by atoms with Crippen LogP contribution in [0, 0.1) is 11.3 Å². The van der Waals surface area contributed by atoms with Gasteiger partial charge in [0.2, 0.25) is 0 Å². The van der Waals surface area contributed by atoms with E-state index in [1.165, 1.54) is 0 Å². The van der Waals surface area contributed by atoms with Crippen molar-refractivity contribution in [1.29, 1.82) is 5.26 Å². The van der Waals surface area contributed by atoms with Crippen LogP contribution in [0.4, 0.5) is 0 Å². The number of nitrogens with zero attached hydrogens (tertiary/aromatic N) is 2. The Balaban J connectivity index is 2.38. The smallest absolute Gasteiger partial charge is 0.0959 e. The maximum absolute atomic E-state index is 9.65. The predicted molar refractivity (Wildman–Crippen MR) is 83.2 cm³/mol. The SMILES string of the molecule is N#CC(CBr)(Cc1cccnc1)c1ccc(Br)cc1. The summed E-state index contributed by atoms with van der Waals surface area (Å²) in [5.41, 5.74) is 1.51. The molecule has 0 amide bonds. The Bertz CT molecular complexity index is 575. The van der Waals surface area contributed by atoms with Crippen LogP contribution in [0.25, 0.3) is 0 Å². The molecule has 1 aromatic carbocycles. The molecular weight excluding hydrogens is 368 g/mol. The first kappa shape index (κ1) is 14.2. The van der Waals surface area contributed by atoms with Crippen LogP contribution in [0.1, 0.15) is 11.1 Å². The largest absolute Gasteiger partial charge is 0.264 e. The molecule has 1 unspecified atom stereocenters. The lowest BCUT2D eigenvalue weighted by molar-refractivity contribution is 0.620. The maximum atomic E-state index is 9.65. The van der Waals surface area contributed by atoms with Gasteiger partial charge in [0.05, 0.1) is 11.5 Å². The van der Waals surface area contributed by atoms with Crippen molar-refractivity contribution in [3.63, 3.8) is 0 Å². The molecular formula is C15H12Br2N2. The second kappa shape index (κ2) is 6.31. The van der Waals surface area contributed by atoms with Crippen molar-refractivity contribution in [2.45, 2.75) is 11.8 Å². The molecule has 0 saturated carbocycles. The molecule has 0 aliphatic heterocycles. The number of nitriles is 1. The molecule has 2 rings (SSSR count). The molecule has 0 spiro atoms. The van der Waals surface area contributed by atoms with Gasteiger partial charge in [-0.2, -0.15) is 5.26 Å². The highest BCUT2D eigenvalue weighted by Gasteiger charge is 2.31. The van der Waals surface area contributed by atoms with Gasteiger partial charge >= 0.3 is 0 Å². The Morgan fingerprint density at radius 2 is 1.95 bits per heavy atom. The summed E-state index contributed by atoms with van der Waals surface area (Å²) in [6.45, 7) is 0. The van der Waals surface area contributed by atoms with Gasteiger partial charge < -0.3 is 0 Å². The lowest BCUT2D eigenvalue weighted by Crippen LogP contribution is -2.29. The summed E-state index contributed by atoms with van der Waals surface area (Å²) in [6, 6.07) is 14.3. The minimum absolute atomic E-state index is 0.566. The topological polar surface area (TPSA) is 36.7 Å². The van der Waals surface area contributed by atoms with Gasteiger partial charge in [0.25, 0.3) is 0 Å². The average Bonchev–Trinajstić information content (AvgIpc) is 2.47. The molecule has 4 heteroatoms. The lowest BCUT2D eigenvalue weighted by Gasteiger charge is -2.25. The van der Waals surface area contributed by atoms with Crippen LogP contribution in [-0.4, -0.2) is 10.3 Å². The fourth-order valence-corrected chi connectivity index (χ4v) is 2.89. The van der Waals surface area contributed by atoms with Crippen LogP contribution < -0.4 is 0 Å². The summed E-state index contributed by atoms with van der Waals surface area (Å²) < 4.78 is 1.01. The molecule has 19 heavy (non-hydrogen) atoms. The van der Waals surface area contributed by atoms with E-state index in [0.29, 0.717) is 11.8 Å². The van der Waals surface area contributed by atoms with Crippen molar-refractivity contribution in [3.8, 4) is 6.07 Å². The van der Waals surface area contributed by atoms with Crippen LogP contribution in [0.2, 0.25) is 0 Å². The summed E-state index contributed by atoms with van der Waals surface area (Å²) in [5.74, 6) is 0. The van der Waals surface area contributed by atoms with Crippen LogP contribution in [-0.2, 0) is 11.8 Å². The molecule has 2 aromatic rings. The highest BCUT2D eigenvalue weighted by molar-refractivity contribution is 9.10. The highest BCUT2D eigenvalue weighted by atomic mass is 79.9. The van der Waals surface area contributed by atoms with Crippen molar-refractivity contribution in [2.24, 2.45) is 0 Å². The zero-order chi connectivity index (χ0) is 13.7. The molecule has 0 fully saturated rings. The van der Waals surface area contributed by atoms with Gasteiger partial charge in [-0.1, -0.05) is 50.1 Å². The third kappa shape index (κ3) is 3.23. The maximum Gasteiger partial charge on any atom is 0.0959 e. The summed E-state index contributed by atoms with van der Waals surface area (Å²) in [7, 11) is 0. The number of hydrogen-bond donors (Lipinski definition) is 0. The second-order valence-corrected chi connectivity index (χ2v) is 5.85. The van der Waals surface area contributed by atoms with E-state index in [1.807, 2.05) is 42.6 Å². The normalized spacial score (nSPS) is 13.5. The Labute approximate surface area is 129 Å². The van der Waals surface area contributed by atoms with E-state index in [2.05, 4.69) is 42.9 Å².